The third-order valence-corrected chi connectivity index (χ3v) is 5.66. The zero-order valence-corrected chi connectivity index (χ0v) is 17.3. The number of esters is 1. The van der Waals surface area contributed by atoms with Crippen LogP contribution in [-0.2, 0) is 24.3 Å². The molecular weight excluding hydrogens is 436 g/mol. The number of halogens is 1. The quantitative estimate of drug-likeness (QED) is 0.585. The molecule has 0 spiro atoms. The van der Waals surface area contributed by atoms with Crippen LogP contribution in [0.15, 0.2) is 47.4 Å². The minimum atomic E-state index is -3.77. The van der Waals surface area contributed by atoms with E-state index >= 15 is 0 Å². The van der Waals surface area contributed by atoms with Crippen LogP contribution in [0.2, 0.25) is 5.02 Å². The Morgan fingerprint density at radius 3 is 2.47 bits per heavy atom. The number of sulfonamides is 1. The van der Waals surface area contributed by atoms with E-state index in [1.54, 1.807) is 18.2 Å². The fourth-order valence-electron chi connectivity index (χ4n) is 2.52. The summed E-state index contributed by atoms with van der Waals surface area (Å²) in [6, 6.07) is 10.5. The summed E-state index contributed by atoms with van der Waals surface area (Å²) in [5, 5.41) is 2.99. The number of hydrogen-bond donors (Lipinski definition) is 2. The molecule has 0 saturated heterocycles. The van der Waals surface area contributed by atoms with Gasteiger partial charge in [-0.3, -0.25) is 9.59 Å². The van der Waals surface area contributed by atoms with Crippen LogP contribution in [0.1, 0.15) is 6.42 Å². The number of hydrogen-bond acceptors (Lipinski definition) is 7. The van der Waals surface area contributed by atoms with Crippen molar-refractivity contribution >= 4 is 39.2 Å². The van der Waals surface area contributed by atoms with Gasteiger partial charge in [-0.15, -0.1) is 0 Å². The highest BCUT2D eigenvalue weighted by Gasteiger charge is 2.16. The van der Waals surface area contributed by atoms with Gasteiger partial charge in [0.1, 0.15) is 13.2 Å². The van der Waals surface area contributed by atoms with Crippen molar-refractivity contribution in [2.45, 2.75) is 11.3 Å². The van der Waals surface area contributed by atoms with Gasteiger partial charge in [0, 0.05) is 23.3 Å². The first-order chi connectivity index (χ1) is 14.3. The van der Waals surface area contributed by atoms with Gasteiger partial charge in [-0.25, -0.2) is 13.1 Å². The van der Waals surface area contributed by atoms with Gasteiger partial charge < -0.3 is 19.5 Å². The number of benzene rings is 2. The number of amides is 1. The fraction of sp³-hybridized carbons (Fsp3) is 0.263. The normalized spacial score (nSPS) is 12.8. The maximum absolute atomic E-state index is 12.1. The fourth-order valence-corrected chi connectivity index (χ4v) is 3.68. The molecule has 0 aromatic heterocycles. The standard InChI is InChI=1S/C19H19ClN2O7S/c20-13-1-4-15(5-2-13)30(25,26)21-8-7-19(24)29-12-18(23)22-14-3-6-16-17(11-14)28-10-9-27-16/h1-6,11,21H,7-10,12H2,(H,22,23). The van der Waals surface area contributed by atoms with Gasteiger partial charge >= 0.3 is 5.97 Å². The topological polar surface area (TPSA) is 120 Å². The summed E-state index contributed by atoms with van der Waals surface area (Å²) in [7, 11) is -3.77. The van der Waals surface area contributed by atoms with E-state index in [0.29, 0.717) is 35.4 Å². The van der Waals surface area contributed by atoms with Gasteiger partial charge in [-0.05, 0) is 36.4 Å². The molecule has 1 aliphatic rings. The second-order valence-corrected chi connectivity index (χ2v) is 8.37. The monoisotopic (exact) mass is 454 g/mol. The van der Waals surface area contributed by atoms with Crippen LogP contribution in [0.3, 0.4) is 0 Å². The van der Waals surface area contributed by atoms with E-state index in [1.165, 1.54) is 24.3 Å². The molecule has 30 heavy (non-hydrogen) atoms. The summed E-state index contributed by atoms with van der Waals surface area (Å²) in [6.45, 7) is 0.207. The summed E-state index contributed by atoms with van der Waals surface area (Å²) < 4.78 is 42.2. The molecule has 1 amide bonds. The molecule has 1 aliphatic heterocycles. The third kappa shape index (κ3) is 6.09. The van der Waals surface area contributed by atoms with Gasteiger partial charge in [0.15, 0.2) is 18.1 Å². The molecule has 2 N–H and O–H groups in total. The summed E-state index contributed by atoms with van der Waals surface area (Å²) in [5.74, 6) is -0.149. The second-order valence-electron chi connectivity index (χ2n) is 6.17. The summed E-state index contributed by atoms with van der Waals surface area (Å²) in [6.07, 6.45) is -0.232. The highest BCUT2D eigenvalue weighted by molar-refractivity contribution is 7.89. The number of rotatable bonds is 8. The van der Waals surface area contributed by atoms with Crippen molar-refractivity contribution in [2.24, 2.45) is 0 Å². The highest BCUT2D eigenvalue weighted by atomic mass is 35.5. The van der Waals surface area contributed by atoms with Crippen LogP contribution < -0.4 is 19.5 Å². The molecule has 2 aromatic rings. The molecule has 0 atom stereocenters. The molecule has 0 aliphatic carbocycles. The molecule has 11 heteroatoms. The zero-order chi connectivity index (χ0) is 21.6. The average molecular weight is 455 g/mol. The second kappa shape index (κ2) is 9.79. The van der Waals surface area contributed by atoms with Gasteiger partial charge in [0.05, 0.1) is 11.3 Å². The molecule has 0 saturated carbocycles. The molecule has 0 bridgehead atoms. The first-order valence-electron chi connectivity index (χ1n) is 8.94. The van der Waals surface area contributed by atoms with Crippen molar-refractivity contribution < 1.29 is 32.2 Å². The minimum Gasteiger partial charge on any atom is -0.486 e. The van der Waals surface area contributed by atoms with Crippen LogP contribution in [0.4, 0.5) is 5.69 Å². The van der Waals surface area contributed by atoms with Gasteiger partial charge in [-0.2, -0.15) is 0 Å². The van der Waals surface area contributed by atoms with E-state index in [2.05, 4.69) is 10.0 Å². The Balaban J connectivity index is 1.40. The molecule has 9 nitrogen and oxygen atoms in total. The van der Waals surface area contributed by atoms with E-state index in [9.17, 15) is 18.0 Å². The molecule has 1 heterocycles. The summed E-state index contributed by atoms with van der Waals surface area (Å²) >= 11 is 5.73. The summed E-state index contributed by atoms with van der Waals surface area (Å²) in [5.41, 5.74) is 0.469. The van der Waals surface area contributed by atoms with Crippen molar-refractivity contribution in [3.8, 4) is 11.5 Å². The van der Waals surface area contributed by atoms with Crippen molar-refractivity contribution in [2.75, 3.05) is 31.7 Å². The van der Waals surface area contributed by atoms with E-state index in [4.69, 9.17) is 25.8 Å². The van der Waals surface area contributed by atoms with E-state index in [-0.39, 0.29) is 17.9 Å². The lowest BCUT2D eigenvalue weighted by molar-refractivity contribution is -0.147. The number of carbonyl (C=O) groups is 2. The van der Waals surface area contributed by atoms with E-state index in [1.807, 2.05) is 0 Å². The Hall–Kier alpha value is -2.82. The number of carbonyl (C=O) groups excluding carboxylic acids is 2. The Morgan fingerprint density at radius 1 is 1.03 bits per heavy atom. The van der Waals surface area contributed by atoms with Crippen molar-refractivity contribution in [3.05, 3.63) is 47.5 Å². The lowest BCUT2D eigenvalue weighted by Crippen LogP contribution is -2.28. The Bertz CT molecular complexity index is 1030. The van der Waals surface area contributed by atoms with Crippen LogP contribution >= 0.6 is 11.6 Å². The predicted octanol–water partition coefficient (Wildman–Crippen LogP) is 1.96. The predicted molar refractivity (Wildman–Crippen MR) is 108 cm³/mol. The number of anilines is 1. The van der Waals surface area contributed by atoms with Crippen LogP contribution in [0.5, 0.6) is 11.5 Å². The Kier molecular flexibility index (Phi) is 7.14. The van der Waals surface area contributed by atoms with E-state index < -0.39 is 28.5 Å². The van der Waals surface area contributed by atoms with Gasteiger partial charge in [-0.1, -0.05) is 11.6 Å². The number of nitrogens with one attached hydrogen (secondary N) is 2. The maximum atomic E-state index is 12.1. The molecule has 0 fully saturated rings. The molecule has 160 valence electrons. The van der Waals surface area contributed by atoms with Gasteiger partial charge in [0.2, 0.25) is 10.0 Å². The van der Waals surface area contributed by atoms with Crippen LogP contribution in [0, 0.1) is 0 Å². The lowest BCUT2D eigenvalue weighted by atomic mass is 10.2. The SMILES string of the molecule is O=C(COC(=O)CCNS(=O)(=O)c1ccc(Cl)cc1)Nc1ccc2c(c1)OCCO2. The largest absolute Gasteiger partial charge is 0.486 e. The van der Waals surface area contributed by atoms with Crippen molar-refractivity contribution in [1.29, 1.82) is 0 Å². The highest BCUT2D eigenvalue weighted by Crippen LogP contribution is 2.32. The van der Waals surface area contributed by atoms with Crippen LogP contribution in [-0.4, -0.2) is 46.7 Å². The van der Waals surface area contributed by atoms with Crippen molar-refractivity contribution in [1.82, 2.24) is 4.72 Å². The van der Waals surface area contributed by atoms with Crippen LogP contribution in [0.25, 0.3) is 0 Å². The van der Waals surface area contributed by atoms with Gasteiger partial charge in [0.25, 0.3) is 5.91 Å². The molecule has 0 unspecified atom stereocenters. The van der Waals surface area contributed by atoms with Crippen molar-refractivity contribution in [3.63, 3.8) is 0 Å². The number of ether oxygens (including phenoxy) is 3. The smallest absolute Gasteiger partial charge is 0.307 e. The number of fused-ring (bicyclic) bond motifs is 1. The minimum absolute atomic E-state index is 0.0269. The average Bonchev–Trinajstić information content (AvgIpc) is 2.72. The third-order valence-electron chi connectivity index (χ3n) is 3.94. The Labute approximate surface area is 178 Å². The molecule has 2 aromatic carbocycles. The first kappa shape index (κ1) is 21.9. The molecular formula is C19H19ClN2O7S. The lowest BCUT2D eigenvalue weighted by Gasteiger charge is -2.19. The first-order valence-corrected chi connectivity index (χ1v) is 10.8. The molecule has 0 radical (unpaired) electrons. The summed E-state index contributed by atoms with van der Waals surface area (Å²) in [4.78, 5) is 23.7. The maximum Gasteiger partial charge on any atom is 0.307 e. The Morgan fingerprint density at radius 2 is 1.73 bits per heavy atom. The molecule has 3 rings (SSSR count). The zero-order valence-electron chi connectivity index (χ0n) is 15.7. The van der Waals surface area contributed by atoms with E-state index in [0.717, 1.165) is 0 Å².